The van der Waals surface area contributed by atoms with Gasteiger partial charge in [-0.15, -0.1) is 10.2 Å². The molecule has 4 aromatic rings. The molecule has 10 heteroatoms. The summed E-state index contributed by atoms with van der Waals surface area (Å²) in [5.41, 5.74) is 2.85. The fraction of sp³-hybridized carbons (Fsp3) is 0.154. The molecule has 9 nitrogen and oxygen atoms in total. The molecule has 1 atom stereocenters. The molecule has 5 rings (SSSR count). The monoisotopic (exact) mass is 503 g/mol. The van der Waals surface area contributed by atoms with E-state index in [1.54, 1.807) is 31.2 Å². The Morgan fingerprint density at radius 2 is 1.94 bits per heavy atom. The van der Waals surface area contributed by atoms with Gasteiger partial charge in [-0.25, -0.2) is 0 Å². The normalized spacial score (nSPS) is 15.4. The Balaban J connectivity index is 1.55. The van der Waals surface area contributed by atoms with Crippen molar-refractivity contribution < 1.29 is 28.6 Å². The number of amides is 1. The highest BCUT2D eigenvalue weighted by Crippen LogP contribution is 2.44. The minimum atomic E-state index is -0.986. The summed E-state index contributed by atoms with van der Waals surface area (Å²) in [7, 11) is 1.50. The lowest BCUT2D eigenvalue weighted by Gasteiger charge is -2.24. The van der Waals surface area contributed by atoms with Crippen LogP contribution < -0.4 is 14.4 Å². The summed E-state index contributed by atoms with van der Waals surface area (Å²) >= 11 is 1.11. The first kappa shape index (κ1) is 23.3. The van der Waals surface area contributed by atoms with Gasteiger partial charge in [-0.05, 0) is 42.3 Å². The van der Waals surface area contributed by atoms with E-state index in [2.05, 4.69) is 10.2 Å². The summed E-state index contributed by atoms with van der Waals surface area (Å²) < 4.78 is 17.0. The lowest BCUT2D eigenvalue weighted by molar-refractivity contribution is -0.117. The van der Waals surface area contributed by atoms with Crippen LogP contribution in [-0.2, 0) is 11.4 Å². The first-order valence-corrected chi connectivity index (χ1v) is 11.8. The van der Waals surface area contributed by atoms with Crippen LogP contribution in [0.4, 0.5) is 5.13 Å². The largest absolute Gasteiger partial charge is 0.503 e. The molecular formula is C26H21N3O6S. The smallest absolute Gasteiger partial charge is 0.296 e. The van der Waals surface area contributed by atoms with Gasteiger partial charge in [0, 0.05) is 0 Å². The number of furan rings is 1. The van der Waals surface area contributed by atoms with Gasteiger partial charge >= 0.3 is 0 Å². The fourth-order valence-electron chi connectivity index (χ4n) is 4.02. The molecule has 1 amide bonds. The molecule has 3 heterocycles. The fourth-order valence-corrected chi connectivity index (χ4v) is 4.60. The number of rotatable bonds is 8. The number of aromatic nitrogens is 2. The van der Waals surface area contributed by atoms with Crippen molar-refractivity contribution in [3.05, 3.63) is 100 Å². The Bertz CT molecular complexity index is 1450. The molecule has 182 valence electrons. The predicted octanol–water partition coefficient (Wildman–Crippen LogP) is 4.81. The number of carbonyl (C=O) groups is 2. The Hall–Kier alpha value is -4.44. The predicted molar refractivity (Wildman–Crippen MR) is 131 cm³/mol. The third-order valence-corrected chi connectivity index (χ3v) is 6.40. The molecule has 0 bridgehead atoms. The van der Waals surface area contributed by atoms with Crippen molar-refractivity contribution in [2.24, 2.45) is 0 Å². The molecule has 0 saturated heterocycles. The number of ketones is 1. The molecule has 0 fully saturated rings. The van der Waals surface area contributed by atoms with Crippen molar-refractivity contribution in [3.8, 4) is 11.5 Å². The number of aliphatic hydroxyl groups is 1. The van der Waals surface area contributed by atoms with Gasteiger partial charge in [-0.1, -0.05) is 47.7 Å². The number of hydrogen-bond donors (Lipinski definition) is 1. The lowest BCUT2D eigenvalue weighted by atomic mass is 9.95. The molecule has 1 N–H and O–H groups in total. The van der Waals surface area contributed by atoms with Gasteiger partial charge in [0.25, 0.3) is 5.91 Å². The van der Waals surface area contributed by atoms with E-state index < -0.39 is 23.5 Å². The summed E-state index contributed by atoms with van der Waals surface area (Å²) in [6.07, 6.45) is 0. The van der Waals surface area contributed by atoms with Gasteiger partial charge in [0.1, 0.15) is 17.9 Å². The van der Waals surface area contributed by atoms with E-state index in [-0.39, 0.29) is 16.5 Å². The summed E-state index contributed by atoms with van der Waals surface area (Å²) in [4.78, 5) is 27.8. The zero-order valence-corrected chi connectivity index (χ0v) is 20.2. The maximum absolute atomic E-state index is 13.4. The molecule has 0 radical (unpaired) electrons. The van der Waals surface area contributed by atoms with Gasteiger partial charge in [-0.3, -0.25) is 14.5 Å². The van der Waals surface area contributed by atoms with E-state index in [1.165, 1.54) is 23.6 Å². The van der Waals surface area contributed by atoms with E-state index in [1.807, 2.05) is 30.3 Å². The maximum atomic E-state index is 13.4. The van der Waals surface area contributed by atoms with Crippen LogP contribution in [0.5, 0.6) is 11.5 Å². The zero-order valence-electron chi connectivity index (χ0n) is 19.4. The maximum Gasteiger partial charge on any atom is 0.296 e. The van der Waals surface area contributed by atoms with Gasteiger partial charge in [-0.2, -0.15) is 0 Å². The molecule has 1 aliphatic rings. The van der Waals surface area contributed by atoms with E-state index in [9.17, 15) is 14.7 Å². The average Bonchev–Trinajstić information content (AvgIpc) is 3.64. The number of nitrogens with zero attached hydrogens (tertiary/aromatic N) is 3. The Morgan fingerprint density at radius 1 is 1.14 bits per heavy atom. The van der Waals surface area contributed by atoms with Gasteiger partial charge in [0.05, 0.1) is 18.7 Å². The SMILES string of the molecule is COc1cc(C2C(C(=O)c3ccc(C)o3)=C(O)C(=O)N2c2nncs2)ccc1OCc1ccccc1. The second-order valence-electron chi connectivity index (χ2n) is 7.99. The number of Topliss-reactive ketones (excluding diaryl/α,β-unsaturated/α-hetero) is 1. The van der Waals surface area contributed by atoms with Crippen molar-refractivity contribution in [1.29, 1.82) is 0 Å². The Kier molecular flexibility index (Phi) is 6.26. The molecule has 0 saturated carbocycles. The number of methoxy groups -OCH3 is 1. The summed E-state index contributed by atoms with van der Waals surface area (Å²) in [6, 6.07) is 16.9. The van der Waals surface area contributed by atoms with Crippen LogP contribution in [0.1, 0.15) is 33.5 Å². The third kappa shape index (κ3) is 4.22. The molecule has 2 aromatic heterocycles. The number of aryl methyl sites for hydroxylation is 1. The number of anilines is 1. The second kappa shape index (κ2) is 9.67. The molecule has 1 unspecified atom stereocenters. The Morgan fingerprint density at radius 3 is 2.61 bits per heavy atom. The highest BCUT2D eigenvalue weighted by atomic mass is 32.1. The minimum Gasteiger partial charge on any atom is -0.503 e. The van der Waals surface area contributed by atoms with Crippen LogP contribution in [0.15, 0.2) is 81.9 Å². The third-order valence-electron chi connectivity index (χ3n) is 5.71. The van der Waals surface area contributed by atoms with Crippen LogP contribution >= 0.6 is 11.3 Å². The van der Waals surface area contributed by atoms with Crippen molar-refractivity contribution in [2.75, 3.05) is 12.0 Å². The number of ether oxygens (including phenoxy) is 2. The summed E-state index contributed by atoms with van der Waals surface area (Å²) in [6.45, 7) is 2.03. The molecule has 1 aliphatic heterocycles. The van der Waals surface area contributed by atoms with E-state index in [0.29, 0.717) is 29.4 Å². The molecule has 2 aromatic carbocycles. The lowest BCUT2D eigenvalue weighted by Crippen LogP contribution is -2.31. The molecular weight excluding hydrogens is 482 g/mol. The minimum absolute atomic E-state index is 0.0146. The topological polar surface area (TPSA) is 115 Å². The molecule has 0 spiro atoms. The van der Waals surface area contributed by atoms with E-state index >= 15 is 0 Å². The van der Waals surface area contributed by atoms with Crippen molar-refractivity contribution >= 4 is 28.2 Å². The van der Waals surface area contributed by atoms with Gasteiger partial charge in [0.2, 0.25) is 10.9 Å². The number of hydrogen-bond acceptors (Lipinski definition) is 9. The van der Waals surface area contributed by atoms with Crippen LogP contribution in [0.25, 0.3) is 0 Å². The van der Waals surface area contributed by atoms with Gasteiger partial charge < -0.3 is 19.0 Å². The van der Waals surface area contributed by atoms with Crippen LogP contribution in [0, 0.1) is 6.92 Å². The van der Waals surface area contributed by atoms with Crippen molar-refractivity contribution in [2.45, 2.75) is 19.6 Å². The van der Waals surface area contributed by atoms with Crippen LogP contribution in [-0.4, -0.2) is 34.1 Å². The van der Waals surface area contributed by atoms with Crippen LogP contribution in [0.3, 0.4) is 0 Å². The number of carbonyl (C=O) groups excluding carboxylic acids is 2. The quantitative estimate of drug-likeness (QED) is 0.341. The van der Waals surface area contributed by atoms with E-state index in [4.69, 9.17) is 13.9 Å². The number of aliphatic hydroxyl groups excluding tert-OH is 1. The van der Waals surface area contributed by atoms with Crippen LogP contribution in [0.2, 0.25) is 0 Å². The first-order chi connectivity index (χ1) is 17.5. The van der Waals surface area contributed by atoms with Crippen molar-refractivity contribution in [3.63, 3.8) is 0 Å². The van der Waals surface area contributed by atoms with E-state index in [0.717, 1.165) is 16.9 Å². The summed E-state index contributed by atoms with van der Waals surface area (Å²) in [5, 5.41) is 18.9. The number of benzene rings is 2. The second-order valence-corrected chi connectivity index (χ2v) is 8.80. The Labute approximate surface area is 210 Å². The van der Waals surface area contributed by atoms with Gasteiger partial charge in [0.15, 0.2) is 23.0 Å². The first-order valence-electron chi connectivity index (χ1n) is 11.0. The van der Waals surface area contributed by atoms with Crippen molar-refractivity contribution in [1.82, 2.24) is 10.2 Å². The molecule has 0 aliphatic carbocycles. The average molecular weight is 504 g/mol. The zero-order chi connectivity index (χ0) is 25.2. The molecule has 36 heavy (non-hydrogen) atoms. The standard InChI is InChI=1S/C26H21N3O6S/c1-15-8-10-19(35-15)23(30)21-22(29(25(32)24(21)31)26-28-27-14-36-26)17-9-11-18(20(12-17)33-2)34-13-16-6-4-3-5-7-16/h3-12,14,22,31H,13H2,1-2H3. The highest BCUT2D eigenvalue weighted by Gasteiger charge is 2.46. The highest BCUT2D eigenvalue weighted by molar-refractivity contribution is 7.13. The summed E-state index contributed by atoms with van der Waals surface area (Å²) in [5.74, 6) is -0.596.